The molecule has 1 aromatic heterocycles. The summed E-state index contributed by atoms with van der Waals surface area (Å²) in [5, 5.41) is 4.41. The van der Waals surface area contributed by atoms with E-state index >= 15 is 0 Å². The highest BCUT2D eigenvalue weighted by atomic mass is 16.6. The van der Waals surface area contributed by atoms with Crippen molar-refractivity contribution in [3.63, 3.8) is 0 Å². The first-order valence-corrected chi connectivity index (χ1v) is 15.3. The number of aryl methyl sites for hydroxylation is 1. The summed E-state index contributed by atoms with van der Waals surface area (Å²) in [6.07, 6.45) is 8.03. The minimum atomic E-state index is -0.497. The van der Waals surface area contributed by atoms with E-state index in [1.807, 2.05) is 57.3 Å². The van der Waals surface area contributed by atoms with Gasteiger partial charge in [-0.25, -0.2) is 0 Å². The Kier molecular flexibility index (Phi) is 9.31. The first-order valence-electron chi connectivity index (χ1n) is 15.3. The summed E-state index contributed by atoms with van der Waals surface area (Å²) in [6.45, 7) is 7.72. The minimum Gasteiger partial charge on any atom is -0.460 e. The lowest BCUT2D eigenvalue weighted by Crippen LogP contribution is -2.33. The van der Waals surface area contributed by atoms with E-state index in [9.17, 15) is 9.59 Å². The van der Waals surface area contributed by atoms with Crippen molar-refractivity contribution in [1.82, 2.24) is 10.3 Å². The average Bonchev–Trinajstić information content (AvgIpc) is 3.17. The van der Waals surface area contributed by atoms with Crippen molar-refractivity contribution >= 4 is 28.5 Å². The minimum absolute atomic E-state index is 0.0280. The van der Waals surface area contributed by atoms with E-state index in [0.717, 1.165) is 46.2 Å². The Bertz CT molecular complexity index is 1490. The number of carbonyl (C=O) groups is 2. The van der Waals surface area contributed by atoms with Crippen LogP contribution in [0, 0.1) is 0 Å². The van der Waals surface area contributed by atoms with Crippen molar-refractivity contribution in [2.24, 2.45) is 0 Å². The molecular weight excluding hydrogens is 522 g/mol. The molecule has 0 saturated carbocycles. The molecule has 0 bridgehead atoms. The van der Waals surface area contributed by atoms with E-state index in [0.29, 0.717) is 12.8 Å². The van der Waals surface area contributed by atoms with Gasteiger partial charge in [0, 0.05) is 47.9 Å². The molecule has 0 spiro atoms. The van der Waals surface area contributed by atoms with Gasteiger partial charge in [-0.05, 0) is 74.9 Å². The third-order valence-electron chi connectivity index (χ3n) is 7.85. The number of nitrogens with one attached hydrogen (secondary N) is 2. The highest BCUT2D eigenvalue weighted by Crippen LogP contribution is 2.32. The van der Waals surface area contributed by atoms with Gasteiger partial charge in [0.25, 0.3) is 0 Å². The molecule has 220 valence electrons. The quantitative estimate of drug-likeness (QED) is 0.209. The Hall–Kier alpha value is -4.06. The lowest BCUT2D eigenvalue weighted by Gasteiger charge is -2.29. The Balaban J connectivity index is 1.35. The van der Waals surface area contributed by atoms with Gasteiger partial charge in [0.15, 0.2) is 0 Å². The number of H-pyrrole nitrogens is 1. The number of carbonyl (C=O) groups excluding carboxylic acids is 2. The van der Waals surface area contributed by atoms with Crippen molar-refractivity contribution in [2.45, 2.75) is 77.4 Å². The number of aromatic nitrogens is 1. The fourth-order valence-electron chi connectivity index (χ4n) is 5.89. The number of anilines is 1. The summed E-state index contributed by atoms with van der Waals surface area (Å²) < 4.78 is 5.48. The molecule has 1 saturated heterocycles. The van der Waals surface area contributed by atoms with Crippen LogP contribution in [0.4, 0.5) is 5.69 Å². The topological polar surface area (TPSA) is 74.4 Å². The number of nitrogens with zero attached hydrogens (tertiary/aromatic N) is 1. The van der Waals surface area contributed by atoms with Crippen LogP contribution in [0.1, 0.15) is 81.2 Å². The van der Waals surface area contributed by atoms with Gasteiger partial charge in [0.2, 0.25) is 5.91 Å². The highest BCUT2D eigenvalue weighted by molar-refractivity contribution is 5.87. The van der Waals surface area contributed by atoms with Crippen molar-refractivity contribution in [3.8, 4) is 0 Å². The van der Waals surface area contributed by atoms with Crippen LogP contribution in [0.2, 0.25) is 0 Å². The van der Waals surface area contributed by atoms with Gasteiger partial charge in [-0.1, -0.05) is 67.4 Å². The molecule has 0 aliphatic carbocycles. The number of aromatic amines is 1. The zero-order chi connectivity index (χ0) is 29.5. The molecule has 4 aromatic rings. The normalized spacial score (nSPS) is 14.8. The molecule has 1 aliphatic rings. The van der Waals surface area contributed by atoms with Gasteiger partial charge in [-0.15, -0.1) is 0 Å². The van der Waals surface area contributed by atoms with Crippen molar-refractivity contribution < 1.29 is 14.3 Å². The summed E-state index contributed by atoms with van der Waals surface area (Å²) >= 11 is 0. The van der Waals surface area contributed by atoms with Gasteiger partial charge in [0.05, 0.1) is 12.5 Å². The Morgan fingerprint density at radius 2 is 1.64 bits per heavy atom. The van der Waals surface area contributed by atoms with Crippen LogP contribution < -0.4 is 10.2 Å². The monoisotopic (exact) mass is 565 g/mol. The molecule has 1 atom stereocenters. The molecule has 0 radical (unpaired) electrons. The number of hydrogen-bond acceptors (Lipinski definition) is 4. The number of rotatable bonds is 9. The first kappa shape index (κ1) is 29.4. The van der Waals surface area contributed by atoms with Crippen molar-refractivity contribution in [3.05, 3.63) is 101 Å². The fourth-order valence-corrected chi connectivity index (χ4v) is 5.89. The standard InChI is InChI=1S/C36H43N3O3/c1-36(2,3)42-34(41)20-18-28-25-37-31-19-17-26(23-30(28)31)24-33(40)38-35(27-13-7-6-8-14-27)29-15-9-10-16-32(29)39-21-11-4-5-12-22-39/h6-10,13-17,19,23,25,35,37H,4-5,11-12,18,20-22,24H2,1-3H3,(H,38,40). The second-order valence-corrected chi connectivity index (χ2v) is 12.3. The van der Waals surface area contributed by atoms with Gasteiger partial charge in [-0.2, -0.15) is 0 Å². The van der Waals surface area contributed by atoms with Gasteiger partial charge < -0.3 is 19.9 Å². The largest absolute Gasteiger partial charge is 0.460 e. The Morgan fingerprint density at radius 1 is 0.929 bits per heavy atom. The number of para-hydroxylation sites is 1. The molecule has 1 aliphatic heterocycles. The number of fused-ring (bicyclic) bond motifs is 1. The number of amides is 1. The average molecular weight is 566 g/mol. The van der Waals surface area contributed by atoms with Crippen LogP contribution in [0.5, 0.6) is 0 Å². The Labute approximate surface area is 249 Å². The third kappa shape index (κ3) is 7.61. The summed E-state index contributed by atoms with van der Waals surface area (Å²) in [6, 6.07) is 24.6. The van der Waals surface area contributed by atoms with Gasteiger partial charge in [-0.3, -0.25) is 9.59 Å². The third-order valence-corrected chi connectivity index (χ3v) is 7.85. The van der Waals surface area contributed by atoms with Crippen LogP contribution in [0.15, 0.2) is 79.0 Å². The molecule has 6 nitrogen and oxygen atoms in total. The first-order chi connectivity index (χ1) is 20.3. The van der Waals surface area contributed by atoms with Crippen LogP contribution in [-0.4, -0.2) is 35.6 Å². The summed E-state index contributed by atoms with van der Waals surface area (Å²) in [7, 11) is 0. The van der Waals surface area contributed by atoms with E-state index in [2.05, 4.69) is 57.7 Å². The van der Waals surface area contributed by atoms with E-state index in [-0.39, 0.29) is 24.3 Å². The van der Waals surface area contributed by atoms with Crippen molar-refractivity contribution in [1.29, 1.82) is 0 Å². The van der Waals surface area contributed by atoms with E-state index in [1.165, 1.54) is 31.4 Å². The van der Waals surface area contributed by atoms with Crippen molar-refractivity contribution in [2.75, 3.05) is 18.0 Å². The molecule has 1 amide bonds. The SMILES string of the molecule is CC(C)(C)OC(=O)CCc1c[nH]c2ccc(CC(=O)NC(c3ccccc3)c3ccccc3N3CCCCCC3)cc12. The maximum Gasteiger partial charge on any atom is 0.306 e. The molecular formula is C36H43N3O3. The highest BCUT2D eigenvalue weighted by Gasteiger charge is 2.23. The zero-order valence-corrected chi connectivity index (χ0v) is 25.1. The van der Waals surface area contributed by atoms with E-state index in [1.54, 1.807) is 0 Å². The van der Waals surface area contributed by atoms with Crippen LogP contribution in [0.3, 0.4) is 0 Å². The van der Waals surface area contributed by atoms with Gasteiger partial charge in [0.1, 0.15) is 5.60 Å². The molecule has 6 heteroatoms. The van der Waals surface area contributed by atoms with Gasteiger partial charge >= 0.3 is 5.97 Å². The molecule has 2 N–H and O–H groups in total. The molecule has 1 fully saturated rings. The lowest BCUT2D eigenvalue weighted by molar-refractivity contribution is -0.154. The molecule has 42 heavy (non-hydrogen) atoms. The molecule has 1 unspecified atom stereocenters. The molecule has 5 rings (SSSR count). The lowest BCUT2D eigenvalue weighted by atomic mass is 9.95. The summed E-state index contributed by atoms with van der Waals surface area (Å²) in [4.78, 5) is 31.7. The number of benzene rings is 3. The van der Waals surface area contributed by atoms with E-state index < -0.39 is 5.60 Å². The predicted molar refractivity (Wildman–Crippen MR) is 170 cm³/mol. The van der Waals surface area contributed by atoms with Crippen LogP contribution >= 0.6 is 0 Å². The number of esters is 1. The van der Waals surface area contributed by atoms with Crippen LogP contribution in [0.25, 0.3) is 10.9 Å². The van der Waals surface area contributed by atoms with Crippen LogP contribution in [-0.2, 0) is 27.2 Å². The fraction of sp³-hybridized carbons (Fsp3) is 0.389. The maximum absolute atomic E-state index is 13.6. The molecule has 3 aromatic carbocycles. The predicted octanol–water partition coefficient (Wildman–Crippen LogP) is 7.27. The second kappa shape index (κ2) is 13.3. The summed E-state index contributed by atoms with van der Waals surface area (Å²) in [5.74, 6) is -0.237. The molecule has 2 heterocycles. The summed E-state index contributed by atoms with van der Waals surface area (Å²) in [5.41, 5.74) is 5.88. The number of ether oxygens (including phenoxy) is 1. The zero-order valence-electron chi connectivity index (χ0n) is 25.1. The smallest absolute Gasteiger partial charge is 0.306 e. The maximum atomic E-state index is 13.6. The Morgan fingerprint density at radius 3 is 2.38 bits per heavy atom. The number of hydrogen-bond donors (Lipinski definition) is 2. The second-order valence-electron chi connectivity index (χ2n) is 12.3. The van der Waals surface area contributed by atoms with E-state index in [4.69, 9.17) is 4.74 Å².